The van der Waals surface area contributed by atoms with E-state index in [9.17, 15) is 0 Å². The third-order valence-corrected chi connectivity index (χ3v) is 4.75. The predicted octanol–water partition coefficient (Wildman–Crippen LogP) is 6.44. The van der Waals surface area contributed by atoms with Gasteiger partial charge in [0, 0.05) is 5.02 Å². The number of hydrogen-bond acceptors (Lipinski definition) is 0. The molecule has 94 valence electrons. The first kappa shape index (κ1) is 14.2. The van der Waals surface area contributed by atoms with Gasteiger partial charge in [0.2, 0.25) is 0 Å². The molecule has 0 aliphatic carbocycles. The van der Waals surface area contributed by atoms with Crippen molar-refractivity contribution in [2.45, 2.75) is 11.8 Å². The van der Waals surface area contributed by atoms with Crippen LogP contribution in [0.4, 0.5) is 0 Å². The first-order chi connectivity index (χ1) is 8.49. The van der Waals surface area contributed by atoms with Crippen molar-refractivity contribution in [2.75, 3.05) is 0 Å². The third kappa shape index (κ3) is 3.03. The lowest BCUT2D eigenvalue weighted by atomic mass is 10.0. The molecular weight excluding hydrogens is 354 g/mol. The van der Waals surface area contributed by atoms with Crippen molar-refractivity contribution in [3.05, 3.63) is 68.2 Å². The molecule has 2 rings (SSSR count). The summed E-state index contributed by atoms with van der Waals surface area (Å²) in [7, 11) is 0. The van der Waals surface area contributed by atoms with Crippen LogP contribution in [0.2, 0.25) is 15.1 Å². The Labute approximate surface area is 130 Å². The number of halogens is 4. The summed E-state index contributed by atoms with van der Waals surface area (Å²) in [6.45, 7) is 2.01. The lowest BCUT2D eigenvalue weighted by Crippen LogP contribution is -1.94. The lowest BCUT2D eigenvalue weighted by molar-refractivity contribution is 1.17. The van der Waals surface area contributed by atoms with E-state index in [1.54, 1.807) is 6.07 Å². The van der Waals surface area contributed by atoms with E-state index in [-0.39, 0.29) is 4.83 Å². The SMILES string of the molecule is Cc1ccc(C(Br)c2ccc(Cl)c(Cl)c2)c(Cl)c1. The van der Waals surface area contributed by atoms with E-state index in [1.807, 2.05) is 37.3 Å². The van der Waals surface area contributed by atoms with Gasteiger partial charge in [0.25, 0.3) is 0 Å². The van der Waals surface area contributed by atoms with Crippen molar-refractivity contribution in [1.82, 2.24) is 0 Å². The summed E-state index contributed by atoms with van der Waals surface area (Å²) in [5.74, 6) is 0. The van der Waals surface area contributed by atoms with Crippen molar-refractivity contribution in [1.29, 1.82) is 0 Å². The van der Waals surface area contributed by atoms with Crippen molar-refractivity contribution >= 4 is 50.7 Å². The van der Waals surface area contributed by atoms with Crippen molar-refractivity contribution < 1.29 is 0 Å². The monoisotopic (exact) mass is 362 g/mol. The molecule has 0 amide bonds. The van der Waals surface area contributed by atoms with Gasteiger partial charge in [-0.1, -0.05) is 68.9 Å². The quantitative estimate of drug-likeness (QED) is 0.538. The molecule has 0 heterocycles. The average Bonchev–Trinajstić information content (AvgIpc) is 2.32. The Bertz CT molecular complexity index is 581. The van der Waals surface area contributed by atoms with E-state index in [4.69, 9.17) is 34.8 Å². The fourth-order valence-corrected chi connectivity index (χ4v) is 3.15. The van der Waals surface area contributed by atoms with Crippen LogP contribution in [-0.2, 0) is 0 Å². The molecule has 2 aromatic carbocycles. The number of aryl methyl sites for hydroxylation is 1. The number of alkyl halides is 1. The van der Waals surface area contributed by atoms with Gasteiger partial charge < -0.3 is 0 Å². The molecule has 0 N–H and O–H groups in total. The Kier molecular flexibility index (Phi) is 4.60. The van der Waals surface area contributed by atoms with Gasteiger partial charge in [-0.3, -0.25) is 0 Å². The molecule has 0 aliphatic heterocycles. The second-order valence-electron chi connectivity index (χ2n) is 4.06. The second-order valence-corrected chi connectivity index (χ2v) is 6.20. The minimum Gasteiger partial charge on any atom is -0.0840 e. The molecule has 18 heavy (non-hydrogen) atoms. The summed E-state index contributed by atoms with van der Waals surface area (Å²) in [5, 5.41) is 1.83. The summed E-state index contributed by atoms with van der Waals surface area (Å²) < 4.78 is 0. The summed E-state index contributed by atoms with van der Waals surface area (Å²) in [5.41, 5.74) is 3.17. The summed E-state index contributed by atoms with van der Waals surface area (Å²) in [6, 6.07) is 11.6. The minimum absolute atomic E-state index is 0.000340. The highest BCUT2D eigenvalue weighted by molar-refractivity contribution is 9.09. The molecule has 0 radical (unpaired) electrons. The van der Waals surface area contributed by atoms with Crippen LogP contribution in [-0.4, -0.2) is 0 Å². The van der Waals surface area contributed by atoms with Crippen LogP contribution in [0.25, 0.3) is 0 Å². The van der Waals surface area contributed by atoms with Crippen LogP contribution in [0.1, 0.15) is 21.5 Å². The number of rotatable bonds is 2. The van der Waals surface area contributed by atoms with E-state index in [0.717, 1.165) is 21.7 Å². The molecule has 0 aromatic heterocycles. The molecule has 0 spiro atoms. The van der Waals surface area contributed by atoms with Crippen LogP contribution in [0.15, 0.2) is 36.4 Å². The Morgan fingerprint density at radius 1 is 0.889 bits per heavy atom. The highest BCUT2D eigenvalue weighted by Gasteiger charge is 2.14. The fourth-order valence-electron chi connectivity index (χ4n) is 1.69. The molecule has 0 fully saturated rings. The largest absolute Gasteiger partial charge is 0.0840 e. The fraction of sp³-hybridized carbons (Fsp3) is 0.143. The summed E-state index contributed by atoms with van der Waals surface area (Å²) in [4.78, 5) is 0.000340. The van der Waals surface area contributed by atoms with Gasteiger partial charge in [-0.15, -0.1) is 0 Å². The van der Waals surface area contributed by atoms with E-state index >= 15 is 0 Å². The topological polar surface area (TPSA) is 0 Å². The average molecular weight is 364 g/mol. The summed E-state index contributed by atoms with van der Waals surface area (Å²) >= 11 is 21.8. The van der Waals surface area contributed by atoms with Gasteiger partial charge >= 0.3 is 0 Å². The molecule has 1 unspecified atom stereocenters. The maximum absolute atomic E-state index is 6.26. The van der Waals surface area contributed by atoms with E-state index < -0.39 is 0 Å². The minimum atomic E-state index is 0.000340. The Hall–Kier alpha value is -0.210. The van der Waals surface area contributed by atoms with Crippen LogP contribution in [0.3, 0.4) is 0 Å². The Morgan fingerprint density at radius 2 is 1.61 bits per heavy atom. The zero-order valence-corrected chi connectivity index (χ0v) is 13.4. The van der Waals surface area contributed by atoms with Gasteiger partial charge in [-0.05, 0) is 41.8 Å². The lowest BCUT2D eigenvalue weighted by Gasteiger charge is -2.13. The standard InChI is InChI=1S/C14H10BrCl3/c1-8-2-4-10(12(17)6-8)14(15)9-3-5-11(16)13(18)7-9/h2-7,14H,1H3. The van der Waals surface area contributed by atoms with Crippen molar-refractivity contribution in [3.63, 3.8) is 0 Å². The molecule has 1 atom stereocenters. The van der Waals surface area contributed by atoms with E-state index in [1.165, 1.54) is 0 Å². The van der Waals surface area contributed by atoms with E-state index in [2.05, 4.69) is 15.9 Å². The van der Waals surface area contributed by atoms with Crippen LogP contribution in [0, 0.1) is 6.92 Å². The molecular formula is C14H10BrCl3. The van der Waals surface area contributed by atoms with E-state index in [0.29, 0.717) is 10.0 Å². The van der Waals surface area contributed by atoms with Crippen LogP contribution >= 0.6 is 50.7 Å². The summed E-state index contributed by atoms with van der Waals surface area (Å²) in [6.07, 6.45) is 0. The van der Waals surface area contributed by atoms with Gasteiger partial charge in [0.15, 0.2) is 0 Å². The van der Waals surface area contributed by atoms with Crippen molar-refractivity contribution in [3.8, 4) is 0 Å². The maximum Gasteiger partial charge on any atom is 0.0659 e. The smallest absolute Gasteiger partial charge is 0.0659 e. The molecule has 0 nitrogen and oxygen atoms in total. The predicted molar refractivity (Wildman–Crippen MR) is 83.4 cm³/mol. The molecule has 0 bridgehead atoms. The van der Waals surface area contributed by atoms with Gasteiger partial charge in [-0.2, -0.15) is 0 Å². The molecule has 0 saturated carbocycles. The zero-order chi connectivity index (χ0) is 13.3. The van der Waals surface area contributed by atoms with Gasteiger partial charge in [-0.25, -0.2) is 0 Å². The Balaban J connectivity index is 2.41. The second kappa shape index (κ2) is 5.83. The van der Waals surface area contributed by atoms with Crippen LogP contribution in [0.5, 0.6) is 0 Å². The molecule has 0 saturated heterocycles. The highest BCUT2D eigenvalue weighted by atomic mass is 79.9. The molecule has 4 heteroatoms. The van der Waals surface area contributed by atoms with Crippen LogP contribution < -0.4 is 0 Å². The number of hydrogen-bond donors (Lipinski definition) is 0. The first-order valence-corrected chi connectivity index (χ1v) is 7.39. The van der Waals surface area contributed by atoms with Crippen molar-refractivity contribution in [2.24, 2.45) is 0 Å². The normalized spacial score (nSPS) is 12.5. The number of benzene rings is 2. The Morgan fingerprint density at radius 3 is 2.22 bits per heavy atom. The zero-order valence-electron chi connectivity index (χ0n) is 9.55. The van der Waals surface area contributed by atoms with Gasteiger partial charge in [0.05, 0.1) is 14.9 Å². The molecule has 0 aliphatic rings. The third-order valence-electron chi connectivity index (χ3n) is 2.67. The van der Waals surface area contributed by atoms with Gasteiger partial charge in [0.1, 0.15) is 0 Å². The maximum atomic E-state index is 6.26. The first-order valence-electron chi connectivity index (χ1n) is 5.34. The molecule has 2 aromatic rings. The highest BCUT2D eigenvalue weighted by Crippen LogP contribution is 2.37.